The number of halogens is 3. The van der Waals surface area contributed by atoms with Crippen LogP contribution >= 0.6 is 24.0 Å². The van der Waals surface area contributed by atoms with Crippen LogP contribution in [0.3, 0.4) is 0 Å². The van der Waals surface area contributed by atoms with Crippen molar-refractivity contribution in [3.63, 3.8) is 0 Å². The number of amides is 1. The molecule has 1 aliphatic rings. The summed E-state index contributed by atoms with van der Waals surface area (Å²) in [5, 5.41) is 3.09. The number of aromatic nitrogens is 2. The molecule has 5 nitrogen and oxygen atoms in total. The van der Waals surface area contributed by atoms with Crippen LogP contribution in [0, 0.1) is 0 Å². The highest BCUT2D eigenvalue weighted by Gasteiger charge is 2.32. The second-order valence-electron chi connectivity index (χ2n) is 5.53. The average molecular weight is 407 g/mol. The minimum atomic E-state index is -4.55. The fourth-order valence-corrected chi connectivity index (χ4v) is 3.59. The Bertz CT molecular complexity index is 1120. The second-order valence-corrected chi connectivity index (χ2v) is 7.25. The molecular weight excluding hydrogens is 399 g/mol. The van der Waals surface area contributed by atoms with E-state index in [9.17, 15) is 18.0 Å². The van der Waals surface area contributed by atoms with Crippen LogP contribution in [0.2, 0.25) is 0 Å². The number of thiocarbonyl (C=S) groups is 1. The number of carbonyl (C=O) groups is 1. The monoisotopic (exact) mass is 407 g/mol. The summed E-state index contributed by atoms with van der Waals surface area (Å²) in [4.78, 5) is 19.6. The summed E-state index contributed by atoms with van der Waals surface area (Å²) in [7, 11) is 0. The number of nitrogens with one attached hydrogen (secondary N) is 1. The van der Waals surface area contributed by atoms with Gasteiger partial charge < -0.3 is 9.73 Å². The van der Waals surface area contributed by atoms with E-state index < -0.39 is 11.9 Å². The number of alkyl halides is 3. The largest absolute Gasteiger partial charge is 0.456 e. The maximum atomic E-state index is 12.9. The van der Waals surface area contributed by atoms with Crippen molar-refractivity contribution in [2.24, 2.45) is 0 Å². The molecule has 1 saturated heterocycles. The van der Waals surface area contributed by atoms with E-state index in [4.69, 9.17) is 16.6 Å². The molecule has 1 amide bonds. The third kappa shape index (κ3) is 3.45. The van der Waals surface area contributed by atoms with E-state index in [-0.39, 0.29) is 11.5 Å². The van der Waals surface area contributed by atoms with Gasteiger partial charge in [0.2, 0.25) is 0 Å². The first-order valence-corrected chi connectivity index (χ1v) is 8.70. The Kier molecular flexibility index (Phi) is 4.23. The fourth-order valence-electron chi connectivity index (χ4n) is 2.56. The number of hydrogen-bond acceptors (Lipinski definition) is 6. The summed E-state index contributed by atoms with van der Waals surface area (Å²) in [6.45, 7) is 0. The molecule has 0 atom stereocenters. The van der Waals surface area contributed by atoms with E-state index >= 15 is 0 Å². The molecule has 3 aromatic rings. The zero-order valence-corrected chi connectivity index (χ0v) is 14.8. The Labute approximate surface area is 159 Å². The molecule has 3 aromatic heterocycles. The lowest BCUT2D eigenvalue weighted by Crippen LogP contribution is -2.17. The lowest BCUT2D eigenvalue weighted by Gasteiger charge is -2.07. The minimum absolute atomic E-state index is 0.276. The number of fused-ring (bicyclic) bond motifs is 1. The normalized spacial score (nSPS) is 16.3. The zero-order chi connectivity index (χ0) is 19.2. The van der Waals surface area contributed by atoms with Gasteiger partial charge in [-0.25, -0.2) is 0 Å². The molecule has 0 aliphatic carbocycles. The number of pyridine rings is 2. The molecule has 27 heavy (non-hydrogen) atoms. The second kappa shape index (κ2) is 6.46. The number of hydrogen-bond donors (Lipinski definition) is 1. The van der Waals surface area contributed by atoms with E-state index in [1.807, 2.05) is 0 Å². The lowest BCUT2D eigenvalue weighted by atomic mass is 10.1. The number of nitrogens with zero attached hydrogens (tertiary/aromatic N) is 2. The predicted molar refractivity (Wildman–Crippen MR) is 98.6 cm³/mol. The third-order valence-corrected chi connectivity index (χ3v) is 4.88. The first kappa shape index (κ1) is 17.7. The van der Waals surface area contributed by atoms with Crippen molar-refractivity contribution < 1.29 is 22.4 Å². The van der Waals surface area contributed by atoms with Crippen molar-refractivity contribution in [3.05, 3.63) is 53.1 Å². The SMILES string of the molecule is O=C1NC(=S)S/C1=C\c1cc2cncc(-c3ccnc(C(F)(F)F)c3)c2o1. The summed E-state index contributed by atoms with van der Waals surface area (Å²) in [5.41, 5.74) is 0.0304. The zero-order valence-electron chi connectivity index (χ0n) is 13.2. The van der Waals surface area contributed by atoms with Crippen molar-refractivity contribution in [1.82, 2.24) is 15.3 Å². The molecule has 0 bridgehead atoms. The Balaban J connectivity index is 1.80. The molecule has 0 aromatic carbocycles. The van der Waals surface area contributed by atoms with Crippen LogP contribution < -0.4 is 5.32 Å². The predicted octanol–water partition coefficient (Wildman–Crippen LogP) is 4.40. The molecular formula is C17H8F3N3O2S2. The van der Waals surface area contributed by atoms with Gasteiger partial charge in [0, 0.05) is 35.6 Å². The van der Waals surface area contributed by atoms with Gasteiger partial charge in [-0.15, -0.1) is 0 Å². The van der Waals surface area contributed by atoms with Gasteiger partial charge in [-0.05, 0) is 23.8 Å². The summed E-state index contributed by atoms with van der Waals surface area (Å²) in [5.74, 6) is 0.0412. The van der Waals surface area contributed by atoms with Crippen molar-refractivity contribution in [2.75, 3.05) is 0 Å². The van der Waals surface area contributed by atoms with Gasteiger partial charge in [0.25, 0.3) is 5.91 Å². The Morgan fingerprint density at radius 3 is 2.78 bits per heavy atom. The van der Waals surface area contributed by atoms with Crippen molar-refractivity contribution in [2.45, 2.75) is 6.18 Å². The van der Waals surface area contributed by atoms with Crippen LogP contribution in [0.15, 0.2) is 46.1 Å². The summed E-state index contributed by atoms with van der Waals surface area (Å²) in [6, 6.07) is 4.04. The topological polar surface area (TPSA) is 68.0 Å². The van der Waals surface area contributed by atoms with Gasteiger partial charge in [0.15, 0.2) is 0 Å². The Hall–Kier alpha value is -2.72. The lowest BCUT2D eigenvalue weighted by molar-refractivity contribution is -0.141. The highest BCUT2D eigenvalue weighted by molar-refractivity contribution is 8.26. The molecule has 136 valence electrons. The standard InChI is InChI=1S/C17H8F3N3O2S2/c18-17(19,20)13-4-8(1-2-22-13)11-7-21-6-9-3-10(25-14(9)11)5-12-15(24)23-16(26)27-12/h1-7H,(H,23,24,26)/b12-5-. The minimum Gasteiger partial charge on any atom is -0.456 e. The number of carbonyl (C=O) groups excluding carboxylic acids is 1. The maximum absolute atomic E-state index is 12.9. The number of rotatable bonds is 2. The molecule has 1 aliphatic heterocycles. The van der Waals surface area contributed by atoms with Crippen LogP contribution in [0.4, 0.5) is 13.2 Å². The van der Waals surface area contributed by atoms with Crippen LogP contribution in [0.1, 0.15) is 11.5 Å². The van der Waals surface area contributed by atoms with E-state index in [1.165, 1.54) is 24.5 Å². The molecule has 1 fully saturated rings. The maximum Gasteiger partial charge on any atom is 0.433 e. The van der Waals surface area contributed by atoms with Crippen LogP contribution in [0.5, 0.6) is 0 Å². The van der Waals surface area contributed by atoms with Crippen molar-refractivity contribution >= 4 is 51.3 Å². The quantitative estimate of drug-likeness (QED) is 0.502. The summed E-state index contributed by atoms with van der Waals surface area (Å²) < 4.78 is 44.9. The first-order valence-electron chi connectivity index (χ1n) is 7.47. The van der Waals surface area contributed by atoms with Gasteiger partial charge in [-0.3, -0.25) is 14.8 Å². The van der Waals surface area contributed by atoms with Crippen LogP contribution in [0.25, 0.3) is 28.2 Å². The van der Waals surface area contributed by atoms with E-state index in [0.717, 1.165) is 24.0 Å². The molecule has 0 spiro atoms. The molecule has 1 N–H and O–H groups in total. The fraction of sp³-hybridized carbons (Fsp3) is 0.0588. The van der Waals surface area contributed by atoms with Gasteiger partial charge in [0.1, 0.15) is 21.4 Å². The van der Waals surface area contributed by atoms with E-state index in [1.54, 1.807) is 6.07 Å². The van der Waals surface area contributed by atoms with E-state index in [0.29, 0.717) is 31.5 Å². The van der Waals surface area contributed by atoms with Crippen molar-refractivity contribution in [1.29, 1.82) is 0 Å². The highest BCUT2D eigenvalue weighted by Crippen LogP contribution is 2.35. The van der Waals surface area contributed by atoms with Crippen molar-refractivity contribution in [3.8, 4) is 11.1 Å². The third-order valence-electron chi connectivity index (χ3n) is 3.72. The van der Waals surface area contributed by atoms with Crippen LogP contribution in [-0.2, 0) is 11.0 Å². The van der Waals surface area contributed by atoms with Gasteiger partial charge >= 0.3 is 6.18 Å². The first-order chi connectivity index (χ1) is 12.8. The van der Waals surface area contributed by atoms with Gasteiger partial charge in [-0.2, -0.15) is 13.2 Å². The molecule has 4 rings (SSSR count). The average Bonchev–Trinajstić information content (AvgIpc) is 3.16. The molecule has 0 saturated carbocycles. The summed E-state index contributed by atoms with van der Waals surface area (Å²) >= 11 is 6.04. The molecule has 10 heteroatoms. The van der Waals surface area contributed by atoms with Crippen LogP contribution in [-0.4, -0.2) is 20.2 Å². The van der Waals surface area contributed by atoms with Gasteiger partial charge in [0.05, 0.1) is 4.91 Å². The molecule has 4 heterocycles. The number of furan rings is 1. The Morgan fingerprint density at radius 1 is 1.26 bits per heavy atom. The summed E-state index contributed by atoms with van der Waals surface area (Å²) in [6.07, 6.45) is 1.01. The Morgan fingerprint density at radius 2 is 2.07 bits per heavy atom. The van der Waals surface area contributed by atoms with Gasteiger partial charge in [-0.1, -0.05) is 24.0 Å². The van der Waals surface area contributed by atoms with E-state index in [2.05, 4.69) is 15.3 Å². The molecule has 0 radical (unpaired) electrons. The highest BCUT2D eigenvalue weighted by atomic mass is 32.2. The number of thioether (sulfide) groups is 1. The molecule has 0 unspecified atom stereocenters. The smallest absolute Gasteiger partial charge is 0.433 e.